The van der Waals surface area contributed by atoms with Crippen LogP contribution < -0.4 is 11.5 Å². The van der Waals surface area contributed by atoms with Crippen molar-refractivity contribution < 1.29 is 43.1 Å². The van der Waals surface area contributed by atoms with Crippen molar-refractivity contribution in [2.45, 2.75) is 13.1 Å². The molecule has 0 bridgehead atoms. The van der Waals surface area contributed by atoms with E-state index in [0.717, 1.165) is 0 Å². The summed E-state index contributed by atoms with van der Waals surface area (Å²) in [5, 5.41) is 0. The quantitative estimate of drug-likeness (QED) is 0.396. The minimum atomic E-state index is -0.255. The molecule has 0 heterocycles. The Morgan fingerprint density at radius 3 is 1.32 bits per heavy atom. The van der Waals surface area contributed by atoms with Gasteiger partial charge in [-0.3, -0.25) is 0 Å². The maximum atomic E-state index is 12.3. The Morgan fingerprint density at radius 1 is 0.818 bits per heavy atom. The molecule has 0 saturated carbocycles. The van der Waals surface area contributed by atoms with Crippen LogP contribution in [0.2, 0.25) is 0 Å². The number of nitrogens with two attached hydrogens (primary N) is 2. The summed E-state index contributed by atoms with van der Waals surface area (Å²) in [7, 11) is 0. The molecule has 0 amide bonds. The van der Waals surface area contributed by atoms with Gasteiger partial charge in [0.05, 0.1) is 0 Å². The van der Waals surface area contributed by atoms with Crippen molar-refractivity contribution >= 4 is 26.9 Å². The van der Waals surface area contributed by atoms with Crippen LogP contribution in [0.15, 0.2) is 36.4 Å². The average molecular weight is 621 g/mol. The molecule has 0 radical (unpaired) electrons. The van der Waals surface area contributed by atoms with E-state index in [2.05, 4.69) is 73.4 Å². The van der Waals surface area contributed by atoms with Gasteiger partial charge in [-0.2, -0.15) is 24.3 Å². The van der Waals surface area contributed by atoms with Crippen LogP contribution in [0.25, 0.3) is 0 Å². The van der Waals surface area contributed by atoms with Crippen LogP contribution >= 0.6 is 26.9 Å². The van der Waals surface area contributed by atoms with E-state index in [0.29, 0.717) is 24.2 Å². The first-order valence-corrected chi connectivity index (χ1v) is 12.7. The predicted octanol–water partition coefficient (Wildman–Crippen LogP) is 3.86. The van der Waals surface area contributed by atoms with Gasteiger partial charge < -0.3 is 11.5 Å². The summed E-state index contributed by atoms with van der Waals surface area (Å²) < 4.78 is 24.6. The van der Waals surface area contributed by atoms with E-state index in [1.807, 2.05) is 0 Å². The molecule has 0 aromatic heterocycles. The van der Waals surface area contributed by atoms with Crippen molar-refractivity contribution in [3.63, 3.8) is 0 Å². The molecular weight excluding hydrogens is 607 g/mol. The van der Waals surface area contributed by atoms with E-state index < -0.39 is 0 Å². The molecule has 0 spiro atoms. The first-order valence-electron chi connectivity index (χ1n) is 5.62. The SMILES string of the molecule is NCc1[c-]ccc(F)c1.NCc1[c-]ccc(F)c1.[Br][Pd+].[Br][Pd+]. The molecule has 8 heteroatoms. The fourth-order valence-corrected chi connectivity index (χ4v) is 1.20. The number of hydrogen-bond acceptors (Lipinski definition) is 2. The van der Waals surface area contributed by atoms with E-state index in [1.165, 1.54) is 36.4 Å². The summed E-state index contributed by atoms with van der Waals surface area (Å²) in [6, 6.07) is 14.1. The van der Waals surface area contributed by atoms with E-state index in [9.17, 15) is 8.78 Å². The average Bonchev–Trinajstić information content (AvgIpc) is 2.59. The molecule has 0 aliphatic heterocycles. The third-order valence-corrected chi connectivity index (χ3v) is 2.09. The normalized spacial score (nSPS) is 8.45. The summed E-state index contributed by atoms with van der Waals surface area (Å²) in [6.45, 7) is 0.690. The summed E-state index contributed by atoms with van der Waals surface area (Å²) >= 11 is 10.7. The third kappa shape index (κ3) is 13.0. The van der Waals surface area contributed by atoms with Crippen LogP contribution in [0.5, 0.6) is 0 Å². The van der Waals surface area contributed by atoms with Crippen molar-refractivity contribution in [2.24, 2.45) is 11.5 Å². The first kappa shape index (κ1) is 24.8. The maximum absolute atomic E-state index is 12.3. The molecule has 2 aromatic rings. The predicted molar refractivity (Wildman–Crippen MR) is 84.1 cm³/mol. The van der Waals surface area contributed by atoms with Gasteiger partial charge in [0.15, 0.2) is 0 Å². The summed E-state index contributed by atoms with van der Waals surface area (Å²) in [5.74, 6) is -0.511. The Hall–Kier alpha value is 0.505. The summed E-state index contributed by atoms with van der Waals surface area (Å²) in [5.41, 5.74) is 11.8. The fraction of sp³-hybridized carbons (Fsp3) is 0.143. The molecule has 128 valence electrons. The van der Waals surface area contributed by atoms with Crippen LogP contribution in [0, 0.1) is 23.8 Å². The molecule has 4 N–H and O–H groups in total. The molecule has 22 heavy (non-hydrogen) atoms. The van der Waals surface area contributed by atoms with Gasteiger partial charge >= 0.3 is 61.2 Å². The second-order valence-electron chi connectivity index (χ2n) is 3.47. The number of benzene rings is 2. The zero-order valence-electron chi connectivity index (χ0n) is 11.2. The fourth-order valence-electron chi connectivity index (χ4n) is 1.20. The summed E-state index contributed by atoms with van der Waals surface area (Å²) in [6.07, 6.45) is 0. The number of hydrogen-bond donors (Lipinski definition) is 2. The third-order valence-electron chi connectivity index (χ3n) is 2.09. The Kier molecular flexibility index (Phi) is 20.1. The van der Waals surface area contributed by atoms with Gasteiger partial charge in [0, 0.05) is 11.6 Å². The van der Waals surface area contributed by atoms with Gasteiger partial charge in [-0.25, -0.2) is 8.78 Å². The standard InChI is InChI=1S/2C7H7FN.2BrH.2Pd/c2*8-7-3-1-2-6(4-7)5-9;;;;/h2*1,3-4H,5,9H2;2*1H;;/q2*-1;;;2*+2/p-2. The second-order valence-corrected chi connectivity index (χ2v) is 3.47. The Morgan fingerprint density at radius 2 is 1.14 bits per heavy atom. The molecule has 2 nitrogen and oxygen atoms in total. The molecule has 2 rings (SSSR count). The molecule has 2 aromatic carbocycles. The Balaban J connectivity index is 0. The minimum absolute atomic E-state index is 0.255. The van der Waals surface area contributed by atoms with Crippen LogP contribution in [-0.4, -0.2) is 0 Å². The van der Waals surface area contributed by atoms with Crippen molar-refractivity contribution in [2.75, 3.05) is 0 Å². The summed E-state index contributed by atoms with van der Waals surface area (Å²) in [4.78, 5) is 0. The first-order chi connectivity index (χ1) is 10.7. The Labute approximate surface area is 164 Å². The van der Waals surface area contributed by atoms with Gasteiger partial charge in [0.25, 0.3) is 0 Å². The van der Waals surface area contributed by atoms with Gasteiger partial charge in [-0.15, -0.1) is 35.4 Å². The Bertz CT molecular complexity index is 460. The molecular formula is C14H14Br2F2N2Pd2. The molecule has 0 aliphatic rings. The van der Waals surface area contributed by atoms with Crippen molar-refractivity contribution in [1.29, 1.82) is 0 Å². The van der Waals surface area contributed by atoms with Gasteiger partial charge in [0.2, 0.25) is 0 Å². The van der Waals surface area contributed by atoms with E-state index in [4.69, 9.17) is 11.5 Å². The van der Waals surface area contributed by atoms with Crippen LogP contribution in [0.3, 0.4) is 0 Å². The van der Waals surface area contributed by atoms with Gasteiger partial charge in [-0.1, -0.05) is 0 Å². The molecule has 0 unspecified atom stereocenters. The molecule has 0 fully saturated rings. The van der Waals surface area contributed by atoms with E-state index in [1.54, 1.807) is 0 Å². The van der Waals surface area contributed by atoms with Crippen LogP contribution in [0.1, 0.15) is 11.1 Å². The zero-order chi connectivity index (χ0) is 17.4. The van der Waals surface area contributed by atoms with Gasteiger partial charge in [0.1, 0.15) is 0 Å². The topological polar surface area (TPSA) is 52.0 Å². The second kappa shape index (κ2) is 17.9. The molecule has 0 atom stereocenters. The molecule has 0 aliphatic carbocycles. The zero-order valence-corrected chi connectivity index (χ0v) is 17.5. The van der Waals surface area contributed by atoms with E-state index in [-0.39, 0.29) is 11.6 Å². The number of rotatable bonds is 2. The monoisotopic (exact) mass is 618 g/mol. The van der Waals surface area contributed by atoms with Crippen LogP contribution in [-0.2, 0) is 47.5 Å². The van der Waals surface area contributed by atoms with E-state index >= 15 is 0 Å². The van der Waals surface area contributed by atoms with Crippen molar-refractivity contribution in [3.8, 4) is 0 Å². The molecule has 0 saturated heterocycles. The van der Waals surface area contributed by atoms with Gasteiger partial charge in [-0.05, 0) is 13.1 Å². The van der Waals surface area contributed by atoms with Crippen LogP contribution in [0.4, 0.5) is 8.78 Å². The van der Waals surface area contributed by atoms with Crippen molar-refractivity contribution in [3.05, 3.63) is 71.3 Å². The van der Waals surface area contributed by atoms with Crippen molar-refractivity contribution in [1.82, 2.24) is 0 Å². The number of halogens is 4.